The number of carbonyl (C=O) groups is 1. The van der Waals surface area contributed by atoms with Crippen LogP contribution in [0.1, 0.15) is 22.3 Å². The summed E-state index contributed by atoms with van der Waals surface area (Å²) in [4.78, 5) is 19.3. The second-order valence-electron chi connectivity index (χ2n) is 7.07. The maximum absolute atomic E-state index is 13.1. The lowest BCUT2D eigenvalue weighted by molar-refractivity contribution is 0.0984. The van der Waals surface area contributed by atoms with Crippen LogP contribution in [0.2, 0.25) is 0 Å². The molecule has 0 N–H and O–H groups in total. The molecule has 6 nitrogen and oxygen atoms in total. The summed E-state index contributed by atoms with van der Waals surface area (Å²) in [5.41, 5.74) is 2.05. The van der Waals surface area contributed by atoms with Crippen molar-refractivity contribution in [3.8, 4) is 11.6 Å². The van der Waals surface area contributed by atoms with Gasteiger partial charge in [0.25, 0.3) is 5.91 Å². The van der Waals surface area contributed by atoms with Crippen LogP contribution in [-0.4, -0.2) is 32.1 Å². The van der Waals surface area contributed by atoms with E-state index in [4.69, 9.17) is 4.74 Å². The van der Waals surface area contributed by atoms with Gasteiger partial charge >= 0.3 is 0 Å². The van der Waals surface area contributed by atoms with E-state index in [1.54, 1.807) is 35.2 Å². The summed E-state index contributed by atoms with van der Waals surface area (Å²) in [5.74, 6) is 0.855. The molecule has 1 amide bonds. The molecule has 0 atom stereocenters. The second kappa shape index (κ2) is 8.20. The van der Waals surface area contributed by atoms with Crippen molar-refractivity contribution in [1.29, 1.82) is 0 Å². The molecular formula is C22H19BrN2O4S. The third-order valence-electron chi connectivity index (χ3n) is 4.84. The molecule has 1 aliphatic rings. The highest BCUT2D eigenvalue weighted by Crippen LogP contribution is 2.31. The molecule has 1 aliphatic heterocycles. The number of aromatic nitrogens is 1. The van der Waals surface area contributed by atoms with Crippen molar-refractivity contribution in [3.05, 3.63) is 76.4 Å². The molecule has 0 radical (unpaired) electrons. The molecule has 0 saturated carbocycles. The number of fused-ring (bicyclic) bond motifs is 1. The van der Waals surface area contributed by atoms with Crippen LogP contribution in [0.5, 0.6) is 11.6 Å². The predicted molar refractivity (Wildman–Crippen MR) is 118 cm³/mol. The molecule has 0 saturated heterocycles. The lowest BCUT2D eigenvalue weighted by Crippen LogP contribution is -2.35. The number of anilines is 1. The number of benzene rings is 2. The first-order valence-electron chi connectivity index (χ1n) is 9.35. The third-order valence-corrected chi connectivity index (χ3v) is 6.45. The van der Waals surface area contributed by atoms with Gasteiger partial charge in [0.2, 0.25) is 5.88 Å². The maximum atomic E-state index is 13.1. The smallest absolute Gasteiger partial charge is 0.259 e. The van der Waals surface area contributed by atoms with E-state index in [2.05, 4.69) is 20.9 Å². The molecular weight excluding hydrogens is 468 g/mol. The molecule has 30 heavy (non-hydrogen) atoms. The average molecular weight is 487 g/mol. The number of halogens is 1. The van der Waals surface area contributed by atoms with Crippen molar-refractivity contribution in [1.82, 2.24) is 4.98 Å². The number of sulfone groups is 1. The van der Waals surface area contributed by atoms with E-state index in [1.165, 1.54) is 12.5 Å². The second-order valence-corrected chi connectivity index (χ2v) is 10.00. The summed E-state index contributed by atoms with van der Waals surface area (Å²) in [7, 11) is -3.29. The largest absolute Gasteiger partial charge is 0.439 e. The Morgan fingerprint density at radius 1 is 1.13 bits per heavy atom. The standard InChI is InChI=1S/C22H19BrN2O4S/c1-30(27,28)19-8-9-20-15(12-19)4-3-11-25(20)22(26)16-7-10-21(24-14-16)29-18-6-2-5-17(23)13-18/h2,5-10,12-14H,3-4,11H2,1H3. The Hall–Kier alpha value is -2.71. The van der Waals surface area contributed by atoms with E-state index < -0.39 is 9.84 Å². The van der Waals surface area contributed by atoms with Gasteiger partial charge in [-0.25, -0.2) is 13.4 Å². The number of ether oxygens (including phenoxy) is 1. The predicted octanol–water partition coefficient (Wildman–Crippen LogP) is 4.63. The first kappa shape index (κ1) is 20.6. The Morgan fingerprint density at radius 3 is 2.67 bits per heavy atom. The van der Waals surface area contributed by atoms with Crippen LogP contribution in [-0.2, 0) is 16.3 Å². The number of hydrogen-bond acceptors (Lipinski definition) is 5. The van der Waals surface area contributed by atoms with Crippen molar-refractivity contribution in [2.75, 3.05) is 17.7 Å². The Morgan fingerprint density at radius 2 is 1.97 bits per heavy atom. The van der Waals surface area contributed by atoms with Crippen molar-refractivity contribution < 1.29 is 17.9 Å². The third kappa shape index (κ3) is 4.39. The van der Waals surface area contributed by atoms with Gasteiger partial charge in [0, 0.05) is 35.2 Å². The van der Waals surface area contributed by atoms with Gasteiger partial charge in [-0.15, -0.1) is 0 Å². The summed E-state index contributed by atoms with van der Waals surface area (Å²) in [6.07, 6.45) is 4.18. The number of hydrogen-bond donors (Lipinski definition) is 0. The highest BCUT2D eigenvalue weighted by molar-refractivity contribution is 9.10. The molecule has 0 spiro atoms. The van der Waals surface area contributed by atoms with Crippen molar-refractivity contribution in [2.24, 2.45) is 0 Å². The number of nitrogens with zero attached hydrogens (tertiary/aromatic N) is 2. The summed E-state index contributed by atoms with van der Waals surface area (Å²) >= 11 is 3.39. The van der Waals surface area contributed by atoms with Crippen LogP contribution >= 0.6 is 15.9 Å². The van der Waals surface area contributed by atoms with Gasteiger partial charge in [0.05, 0.1) is 10.5 Å². The highest BCUT2D eigenvalue weighted by Gasteiger charge is 2.25. The molecule has 0 fully saturated rings. The zero-order valence-corrected chi connectivity index (χ0v) is 18.6. The normalized spacial score (nSPS) is 13.6. The fourth-order valence-electron chi connectivity index (χ4n) is 3.39. The number of aryl methyl sites for hydroxylation is 1. The monoisotopic (exact) mass is 486 g/mol. The topological polar surface area (TPSA) is 76.6 Å². The van der Waals surface area contributed by atoms with Gasteiger partial charge in [0.1, 0.15) is 5.75 Å². The van der Waals surface area contributed by atoms with Crippen molar-refractivity contribution in [3.63, 3.8) is 0 Å². The first-order valence-corrected chi connectivity index (χ1v) is 12.0. The van der Waals surface area contributed by atoms with Crippen LogP contribution in [0.4, 0.5) is 5.69 Å². The van der Waals surface area contributed by atoms with E-state index in [9.17, 15) is 13.2 Å². The molecule has 1 aromatic heterocycles. The van der Waals surface area contributed by atoms with E-state index >= 15 is 0 Å². The van der Waals surface area contributed by atoms with E-state index in [1.807, 2.05) is 24.3 Å². The van der Waals surface area contributed by atoms with E-state index in [-0.39, 0.29) is 10.8 Å². The lowest BCUT2D eigenvalue weighted by atomic mass is 10.0. The van der Waals surface area contributed by atoms with Gasteiger partial charge in [-0.05, 0) is 60.9 Å². The van der Waals surface area contributed by atoms with Crippen molar-refractivity contribution in [2.45, 2.75) is 17.7 Å². The number of rotatable bonds is 4. The molecule has 2 heterocycles. The lowest BCUT2D eigenvalue weighted by Gasteiger charge is -2.29. The Balaban J connectivity index is 1.55. The van der Waals surface area contributed by atoms with Crippen LogP contribution in [0.25, 0.3) is 0 Å². The number of pyridine rings is 1. The molecule has 154 valence electrons. The van der Waals surface area contributed by atoms with Gasteiger partial charge in [-0.3, -0.25) is 4.79 Å². The fourth-order valence-corrected chi connectivity index (χ4v) is 4.44. The minimum absolute atomic E-state index is 0.176. The van der Waals surface area contributed by atoms with Crippen LogP contribution in [0.3, 0.4) is 0 Å². The first-order chi connectivity index (χ1) is 14.3. The molecule has 0 bridgehead atoms. The minimum Gasteiger partial charge on any atom is -0.439 e. The summed E-state index contributed by atoms with van der Waals surface area (Å²) in [5, 5.41) is 0. The summed E-state index contributed by atoms with van der Waals surface area (Å²) in [6.45, 7) is 0.570. The van der Waals surface area contributed by atoms with Crippen molar-refractivity contribution >= 4 is 37.4 Å². The maximum Gasteiger partial charge on any atom is 0.259 e. The van der Waals surface area contributed by atoms with Crippen LogP contribution in [0, 0.1) is 0 Å². The van der Waals surface area contributed by atoms with Gasteiger partial charge in [0.15, 0.2) is 9.84 Å². The number of carbonyl (C=O) groups excluding carboxylic acids is 1. The zero-order valence-electron chi connectivity index (χ0n) is 16.2. The molecule has 0 aliphatic carbocycles. The molecule has 8 heteroatoms. The van der Waals surface area contributed by atoms with Gasteiger partial charge in [-0.2, -0.15) is 0 Å². The molecule has 2 aromatic carbocycles. The van der Waals surface area contributed by atoms with E-state index in [0.29, 0.717) is 23.7 Å². The van der Waals surface area contributed by atoms with Crippen LogP contribution in [0.15, 0.2) is 70.2 Å². The van der Waals surface area contributed by atoms with Gasteiger partial charge < -0.3 is 9.64 Å². The zero-order chi connectivity index (χ0) is 21.3. The average Bonchev–Trinajstić information content (AvgIpc) is 2.72. The highest BCUT2D eigenvalue weighted by atomic mass is 79.9. The Kier molecular flexibility index (Phi) is 5.62. The van der Waals surface area contributed by atoms with E-state index in [0.717, 1.165) is 28.6 Å². The quantitative estimate of drug-likeness (QED) is 0.536. The van der Waals surface area contributed by atoms with Crippen LogP contribution < -0.4 is 9.64 Å². The number of amides is 1. The Bertz CT molecular complexity index is 1210. The molecule has 3 aromatic rings. The summed E-state index contributed by atoms with van der Waals surface area (Å²) in [6, 6.07) is 15.7. The molecule has 4 rings (SSSR count). The minimum atomic E-state index is -3.29. The SMILES string of the molecule is CS(=O)(=O)c1ccc2c(c1)CCCN2C(=O)c1ccc(Oc2cccc(Br)c2)nc1. The fraction of sp³-hybridized carbons (Fsp3) is 0.182. The summed E-state index contributed by atoms with van der Waals surface area (Å²) < 4.78 is 30.3. The Labute approximate surface area is 183 Å². The molecule has 0 unspecified atom stereocenters. The van der Waals surface area contributed by atoms with Gasteiger partial charge in [-0.1, -0.05) is 22.0 Å².